The molecule has 2 N–H and O–H groups in total. The number of carbonyl (C=O) groups excluding carboxylic acids is 1. The van der Waals surface area contributed by atoms with Gasteiger partial charge in [0, 0.05) is 19.5 Å². The second-order valence-corrected chi connectivity index (χ2v) is 6.91. The number of benzene rings is 1. The van der Waals surface area contributed by atoms with Crippen molar-refractivity contribution in [2.45, 2.75) is 12.8 Å². The molecular formula is C12H16Cl2N2O3S. The van der Waals surface area contributed by atoms with Gasteiger partial charge in [-0.25, -0.2) is 13.1 Å². The monoisotopic (exact) mass is 338 g/mol. The first-order valence-corrected chi connectivity index (χ1v) is 8.58. The van der Waals surface area contributed by atoms with Gasteiger partial charge in [-0.05, 0) is 24.1 Å². The van der Waals surface area contributed by atoms with Crippen LogP contribution in [-0.4, -0.2) is 33.7 Å². The zero-order valence-corrected chi connectivity index (χ0v) is 13.3. The molecule has 8 heteroatoms. The Hall–Kier alpha value is -0.820. The second kappa shape index (κ2) is 7.83. The minimum absolute atomic E-state index is 0.147. The molecule has 0 aliphatic heterocycles. The number of halogens is 2. The first-order chi connectivity index (χ1) is 9.28. The highest BCUT2D eigenvalue weighted by molar-refractivity contribution is 7.88. The Morgan fingerprint density at radius 2 is 1.90 bits per heavy atom. The van der Waals surface area contributed by atoms with E-state index >= 15 is 0 Å². The fourth-order valence-electron chi connectivity index (χ4n) is 1.48. The molecule has 0 saturated carbocycles. The SMILES string of the molecule is CS(=O)(=O)NCCNC(=O)CCc1ccc(Cl)c(Cl)c1. The maximum absolute atomic E-state index is 11.5. The molecule has 1 aromatic carbocycles. The van der Waals surface area contributed by atoms with Gasteiger partial charge in [-0.3, -0.25) is 4.79 Å². The molecule has 0 spiro atoms. The predicted molar refractivity (Wildman–Crippen MR) is 80.6 cm³/mol. The van der Waals surface area contributed by atoms with Gasteiger partial charge in [0.05, 0.1) is 16.3 Å². The van der Waals surface area contributed by atoms with Crippen LogP contribution < -0.4 is 10.0 Å². The summed E-state index contributed by atoms with van der Waals surface area (Å²) in [6, 6.07) is 5.22. The first kappa shape index (κ1) is 17.2. The van der Waals surface area contributed by atoms with Crippen molar-refractivity contribution in [3.63, 3.8) is 0 Å². The molecular weight excluding hydrogens is 323 g/mol. The zero-order chi connectivity index (χ0) is 15.2. The van der Waals surface area contributed by atoms with E-state index in [2.05, 4.69) is 10.0 Å². The van der Waals surface area contributed by atoms with Gasteiger partial charge >= 0.3 is 0 Å². The summed E-state index contributed by atoms with van der Waals surface area (Å²) < 4.78 is 23.9. The van der Waals surface area contributed by atoms with Crippen LogP contribution in [0, 0.1) is 0 Å². The summed E-state index contributed by atoms with van der Waals surface area (Å²) in [5.74, 6) is -0.147. The number of hydrogen-bond donors (Lipinski definition) is 2. The molecule has 1 rings (SSSR count). The Labute approximate surface area is 128 Å². The highest BCUT2D eigenvalue weighted by atomic mass is 35.5. The third-order valence-electron chi connectivity index (χ3n) is 2.44. The number of aryl methyl sites for hydroxylation is 1. The molecule has 0 unspecified atom stereocenters. The van der Waals surface area contributed by atoms with E-state index in [1.54, 1.807) is 12.1 Å². The summed E-state index contributed by atoms with van der Waals surface area (Å²) in [4.78, 5) is 11.5. The van der Waals surface area contributed by atoms with Gasteiger partial charge in [0.15, 0.2) is 0 Å². The number of rotatable bonds is 7. The third-order valence-corrected chi connectivity index (χ3v) is 3.90. The normalized spacial score (nSPS) is 11.3. The lowest BCUT2D eigenvalue weighted by atomic mass is 10.1. The third kappa shape index (κ3) is 7.09. The van der Waals surface area contributed by atoms with E-state index in [4.69, 9.17) is 23.2 Å². The van der Waals surface area contributed by atoms with E-state index in [0.717, 1.165) is 11.8 Å². The molecule has 0 atom stereocenters. The molecule has 0 aromatic heterocycles. The highest BCUT2D eigenvalue weighted by Gasteiger charge is 2.05. The summed E-state index contributed by atoms with van der Waals surface area (Å²) in [7, 11) is -3.21. The van der Waals surface area contributed by atoms with Crippen molar-refractivity contribution in [3.05, 3.63) is 33.8 Å². The molecule has 1 aromatic rings. The summed E-state index contributed by atoms with van der Waals surface area (Å²) in [5.41, 5.74) is 0.920. The van der Waals surface area contributed by atoms with Crippen LogP contribution in [0.2, 0.25) is 10.0 Å². The van der Waals surface area contributed by atoms with Crippen molar-refractivity contribution >= 4 is 39.1 Å². The first-order valence-electron chi connectivity index (χ1n) is 5.93. The number of carbonyl (C=O) groups is 1. The molecule has 5 nitrogen and oxygen atoms in total. The van der Waals surface area contributed by atoms with Crippen LogP contribution in [0.3, 0.4) is 0 Å². The molecule has 0 radical (unpaired) electrons. The van der Waals surface area contributed by atoms with Gasteiger partial charge in [0.25, 0.3) is 0 Å². The van der Waals surface area contributed by atoms with Crippen molar-refractivity contribution in [1.29, 1.82) is 0 Å². The van der Waals surface area contributed by atoms with Crippen LogP contribution in [0.15, 0.2) is 18.2 Å². The predicted octanol–water partition coefficient (Wildman–Crippen LogP) is 1.59. The molecule has 0 saturated heterocycles. The average Bonchev–Trinajstić information content (AvgIpc) is 2.35. The van der Waals surface area contributed by atoms with E-state index < -0.39 is 10.0 Å². The van der Waals surface area contributed by atoms with E-state index in [9.17, 15) is 13.2 Å². The van der Waals surface area contributed by atoms with Gasteiger partial charge in [0.1, 0.15) is 0 Å². The van der Waals surface area contributed by atoms with Crippen LogP contribution in [0.1, 0.15) is 12.0 Å². The number of hydrogen-bond acceptors (Lipinski definition) is 3. The van der Waals surface area contributed by atoms with Crippen LogP contribution in [0.4, 0.5) is 0 Å². The Morgan fingerprint density at radius 3 is 2.50 bits per heavy atom. The maximum Gasteiger partial charge on any atom is 0.220 e. The van der Waals surface area contributed by atoms with Crippen LogP contribution in [-0.2, 0) is 21.2 Å². The number of nitrogens with one attached hydrogen (secondary N) is 2. The molecule has 0 aliphatic rings. The lowest BCUT2D eigenvalue weighted by molar-refractivity contribution is -0.121. The Kier molecular flexibility index (Phi) is 6.75. The topological polar surface area (TPSA) is 75.3 Å². The van der Waals surface area contributed by atoms with Crippen molar-refractivity contribution in [2.24, 2.45) is 0 Å². The zero-order valence-electron chi connectivity index (χ0n) is 10.9. The van der Waals surface area contributed by atoms with Gasteiger partial charge in [-0.15, -0.1) is 0 Å². The molecule has 112 valence electrons. The minimum Gasteiger partial charge on any atom is -0.355 e. The van der Waals surface area contributed by atoms with Crippen molar-refractivity contribution < 1.29 is 13.2 Å². The second-order valence-electron chi connectivity index (χ2n) is 4.26. The van der Waals surface area contributed by atoms with E-state index in [1.165, 1.54) is 0 Å². The van der Waals surface area contributed by atoms with E-state index in [1.807, 2.05) is 6.07 Å². The largest absolute Gasteiger partial charge is 0.355 e. The lowest BCUT2D eigenvalue weighted by Crippen LogP contribution is -2.34. The highest BCUT2D eigenvalue weighted by Crippen LogP contribution is 2.23. The van der Waals surface area contributed by atoms with Crippen molar-refractivity contribution in [1.82, 2.24) is 10.0 Å². The molecule has 0 heterocycles. The summed E-state index contributed by atoms with van der Waals surface area (Å²) >= 11 is 11.7. The van der Waals surface area contributed by atoms with Gasteiger partial charge < -0.3 is 5.32 Å². The Bertz CT molecular complexity index is 576. The van der Waals surface area contributed by atoms with Crippen molar-refractivity contribution in [3.8, 4) is 0 Å². The van der Waals surface area contributed by atoms with E-state index in [0.29, 0.717) is 22.9 Å². The molecule has 20 heavy (non-hydrogen) atoms. The minimum atomic E-state index is -3.21. The maximum atomic E-state index is 11.5. The molecule has 1 amide bonds. The van der Waals surface area contributed by atoms with E-state index in [-0.39, 0.29) is 19.0 Å². The number of sulfonamides is 1. The Morgan fingerprint density at radius 1 is 1.20 bits per heavy atom. The number of amides is 1. The fraction of sp³-hybridized carbons (Fsp3) is 0.417. The van der Waals surface area contributed by atoms with Gasteiger partial charge in [0.2, 0.25) is 15.9 Å². The molecule has 0 bridgehead atoms. The fourth-order valence-corrected chi connectivity index (χ4v) is 2.27. The lowest BCUT2D eigenvalue weighted by Gasteiger charge is -2.06. The quantitative estimate of drug-likeness (QED) is 0.741. The van der Waals surface area contributed by atoms with Gasteiger partial charge in [-0.1, -0.05) is 29.3 Å². The smallest absolute Gasteiger partial charge is 0.220 e. The van der Waals surface area contributed by atoms with Crippen LogP contribution >= 0.6 is 23.2 Å². The molecule has 0 aliphatic carbocycles. The Balaban J connectivity index is 2.27. The van der Waals surface area contributed by atoms with Crippen LogP contribution in [0.25, 0.3) is 0 Å². The van der Waals surface area contributed by atoms with Crippen LogP contribution in [0.5, 0.6) is 0 Å². The molecule has 0 fully saturated rings. The van der Waals surface area contributed by atoms with Gasteiger partial charge in [-0.2, -0.15) is 0 Å². The average molecular weight is 339 g/mol. The summed E-state index contributed by atoms with van der Waals surface area (Å²) in [6.07, 6.45) is 1.91. The van der Waals surface area contributed by atoms with Crippen molar-refractivity contribution in [2.75, 3.05) is 19.3 Å². The summed E-state index contributed by atoms with van der Waals surface area (Å²) in [6.45, 7) is 0.435. The standard InChI is InChI=1S/C12H16Cl2N2O3S/c1-20(18,19)16-7-6-15-12(17)5-3-9-2-4-10(13)11(14)8-9/h2,4,8,16H,3,5-7H2,1H3,(H,15,17). The summed E-state index contributed by atoms with van der Waals surface area (Å²) in [5, 5.41) is 3.57.